The number of ether oxygens (including phenoxy) is 2. The number of carbonyl (C=O) groups is 1. The predicted molar refractivity (Wildman–Crippen MR) is 111 cm³/mol. The summed E-state index contributed by atoms with van der Waals surface area (Å²) in [6.45, 7) is 3.80. The fourth-order valence-corrected chi connectivity index (χ4v) is 3.07. The fourth-order valence-electron chi connectivity index (χ4n) is 3.07. The first kappa shape index (κ1) is 19.5. The van der Waals surface area contributed by atoms with Crippen molar-refractivity contribution in [1.82, 2.24) is 5.32 Å². The molecular formula is C24H25NO3. The Morgan fingerprint density at radius 1 is 0.857 bits per heavy atom. The summed E-state index contributed by atoms with van der Waals surface area (Å²) in [4.78, 5) is 12.9. The monoisotopic (exact) mass is 375 g/mol. The van der Waals surface area contributed by atoms with Crippen molar-refractivity contribution in [3.8, 4) is 11.5 Å². The van der Waals surface area contributed by atoms with Gasteiger partial charge in [-0.3, -0.25) is 4.79 Å². The van der Waals surface area contributed by atoms with E-state index in [4.69, 9.17) is 9.47 Å². The molecule has 3 aromatic rings. The van der Waals surface area contributed by atoms with Crippen molar-refractivity contribution in [2.45, 2.75) is 26.0 Å². The van der Waals surface area contributed by atoms with Crippen LogP contribution >= 0.6 is 0 Å². The maximum Gasteiger partial charge on any atom is 0.261 e. The molecule has 0 heterocycles. The summed E-state index contributed by atoms with van der Waals surface area (Å²) in [5.41, 5.74) is 3.22. The third-order valence-electron chi connectivity index (χ3n) is 4.66. The van der Waals surface area contributed by atoms with Crippen molar-refractivity contribution >= 4 is 5.91 Å². The van der Waals surface area contributed by atoms with E-state index in [1.54, 1.807) is 38.3 Å². The summed E-state index contributed by atoms with van der Waals surface area (Å²) in [7, 11) is 1.61. The quantitative estimate of drug-likeness (QED) is 0.652. The Morgan fingerprint density at radius 3 is 2.11 bits per heavy atom. The first-order valence-electron chi connectivity index (χ1n) is 9.30. The van der Waals surface area contributed by atoms with Gasteiger partial charge < -0.3 is 14.8 Å². The molecule has 144 valence electrons. The highest BCUT2D eigenvalue weighted by Crippen LogP contribution is 2.25. The summed E-state index contributed by atoms with van der Waals surface area (Å²) in [5.74, 6) is 1.19. The lowest BCUT2D eigenvalue weighted by molar-refractivity contribution is -0.127. The van der Waals surface area contributed by atoms with Crippen LogP contribution in [-0.2, 0) is 4.79 Å². The van der Waals surface area contributed by atoms with Gasteiger partial charge in [0, 0.05) is 0 Å². The van der Waals surface area contributed by atoms with Gasteiger partial charge in [0.1, 0.15) is 11.5 Å². The molecule has 3 rings (SSSR count). The predicted octanol–water partition coefficient (Wildman–Crippen LogP) is 4.68. The first-order valence-corrected chi connectivity index (χ1v) is 9.30. The average Bonchev–Trinajstić information content (AvgIpc) is 2.73. The van der Waals surface area contributed by atoms with E-state index in [1.165, 1.54) is 0 Å². The molecule has 0 aliphatic rings. The third kappa shape index (κ3) is 4.71. The number of benzene rings is 3. The van der Waals surface area contributed by atoms with Crippen molar-refractivity contribution in [3.63, 3.8) is 0 Å². The Kier molecular flexibility index (Phi) is 6.33. The second-order valence-corrected chi connectivity index (χ2v) is 6.64. The number of amides is 1. The Morgan fingerprint density at radius 2 is 1.46 bits per heavy atom. The number of carbonyl (C=O) groups excluding carboxylic acids is 1. The van der Waals surface area contributed by atoms with Crippen LogP contribution in [0.1, 0.15) is 29.7 Å². The van der Waals surface area contributed by atoms with Gasteiger partial charge in [-0.1, -0.05) is 54.6 Å². The van der Waals surface area contributed by atoms with Crippen molar-refractivity contribution in [2.75, 3.05) is 7.11 Å². The Bertz CT molecular complexity index is 907. The number of hydrogen-bond donors (Lipinski definition) is 1. The molecule has 0 aliphatic heterocycles. The lowest BCUT2D eigenvalue weighted by Crippen LogP contribution is -2.39. The number of rotatable bonds is 7. The van der Waals surface area contributed by atoms with E-state index >= 15 is 0 Å². The van der Waals surface area contributed by atoms with Crippen molar-refractivity contribution < 1.29 is 14.3 Å². The third-order valence-corrected chi connectivity index (χ3v) is 4.66. The molecule has 0 bridgehead atoms. The van der Waals surface area contributed by atoms with Gasteiger partial charge in [-0.2, -0.15) is 0 Å². The molecule has 0 unspecified atom stereocenters. The highest BCUT2D eigenvalue weighted by Gasteiger charge is 2.22. The SMILES string of the molecule is COc1ccc(O[C@H](C)C(=O)N[C@@H](c2ccccc2)c2ccccc2C)cc1. The van der Waals surface area contributed by atoms with Crippen molar-refractivity contribution in [3.05, 3.63) is 95.6 Å². The molecule has 4 nitrogen and oxygen atoms in total. The molecular weight excluding hydrogens is 350 g/mol. The van der Waals surface area contributed by atoms with Crippen LogP contribution in [-0.4, -0.2) is 19.1 Å². The van der Waals surface area contributed by atoms with Crippen LogP contribution in [0.4, 0.5) is 0 Å². The van der Waals surface area contributed by atoms with E-state index in [0.29, 0.717) is 5.75 Å². The van der Waals surface area contributed by atoms with E-state index in [0.717, 1.165) is 22.4 Å². The van der Waals surface area contributed by atoms with Gasteiger partial charge in [0.05, 0.1) is 13.2 Å². The van der Waals surface area contributed by atoms with Crippen LogP contribution in [0, 0.1) is 6.92 Å². The normalized spacial score (nSPS) is 12.7. The standard InChI is InChI=1S/C24H25NO3/c1-17-9-7-8-12-22(17)23(19-10-5-4-6-11-19)25-24(26)18(2)28-21-15-13-20(27-3)14-16-21/h4-16,18,23H,1-3H3,(H,25,26)/t18-,23+/m1/s1. The molecule has 0 saturated heterocycles. The van der Waals surface area contributed by atoms with Crippen LogP contribution in [0.5, 0.6) is 11.5 Å². The fraction of sp³-hybridized carbons (Fsp3) is 0.208. The number of aryl methyl sites for hydroxylation is 1. The average molecular weight is 375 g/mol. The highest BCUT2D eigenvalue weighted by atomic mass is 16.5. The first-order chi connectivity index (χ1) is 13.6. The minimum Gasteiger partial charge on any atom is -0.497 e. The molecule has 3 aromatic carbocycles. The van der Waals surface area contributed by atoms with E-state index in [9.17, 15) is 4.79 Å². The summed E-state index contributed by atoms with van der Waals surface area (Å²) in [5, 5.41) is 3.14. The highest BCUT2D eigenvalue weighted by molar-refractivity contribution is 5.81. The molecule has 0 aromatic heterocycles. The smallest absolute Gasteiger partial charge is 0.261 e. The molecule has 0 fully saturated rings. The van der Waals surface area contributed by atoms with E-state index in [-0.39, 0.29) is 11.9 Å². The summed E-state index contributed by atoms with van der Waals surface area (Å²) >= 11 is 0. The number of nitrogens with one attached hydrogen (secondary N) is 1. The Labute approximate surface area is 166 Å². The molecule has 0 saturated carbocycles. The zero-order chi connectivity index (χ0) is 19.9. The van der Waals surface area contributed by atoms with Gasteiger partial charge in [-0.05, 0) is 54.8 Å². The van der Waals surface area contributed by atoms with Crippen molar-refractivity contribution in [1.29, 1.82) is 0 Å². The molecule has 28 heavy (non-hydrogen) atoms. The van der Waals surface area contributed by atoms with E-state index in [2.05, 4.69) is 18.3 Å². The number of hydrogen-bond acceptors (Lipinski definition) is 3. The second kappa shape index (κ2) is 9.09. The zero-order valence-electron chi connectivity index (χ0n) is 16.4. The largest absolute Gasteiger partial charge is 0.497 e. The minimum atomic E-state index is -0.636. The van der Waals surface area contributed by atoms with Gasteiger partial charge in [-0.15, -0.1) is 0 Å². The lowest BCUT2D eigenvalue weighted by atomic mass is 9.95. The maximum atomic E-state index is 12.9. The van der Waals surface area contributed by atoms with Crippen LogP contribution in [0.2, 0.25) is 0 Å². The summed E-state index contributed by atoms with van der Waals surface area (Å²) in [6, 6.07) is 25.0. The van der Waals surface area contributed by atoms with Crippen LogP contribution < -0.4 is 14.8 Å². The molecule has 1 amide bonds. The summed E-state index contributed by atoms with van der Waals surface area (Å²) < 4.78 is 11.0. The molecule has 0 spiro atoms. The minimum absolute atomic E-state index is 0.173. The topological polar surface area (TPSA) is 47.6 Å². The van der Waals surface area contributed by atoms with E-state index in [1.807, 2.05) is 48.5 Å². The molecule has 1 N–H and O–H groups in total. The van der Waals surface area contributed by atoms with Gasteiger partial charge in [-0.25, -0.2) is 0 Å². The lowest BCUT2D eigenvalue weighted by Gasteiger charge is -2.24. The molecule has 2 atom stereocenters. The Balaban J connectivity index is 1.78. The molecule has 0 aliphatic carbocycles. The zero-order valence-corrected chi connectivity index (χ0v) is 16.4. The van der Waals surface area contributed by atoms with E-state index < -0.39 is 6.10 Å². The summed E-state index contributed by atoms with van der Waals surface area (Å²) in [6.07, 6.45) is -0.636. The van der Waals surface area contributed by atoms with Gasteiger partial charge in [0.15, 0.2) is 6.10 Å². The maximum absolute atomic E-state index is 12.9. The number of methoxy groups -OCH3 is 1. The van der Waals surface area contributed by atoms with Gasteiger partial charge in [0.25, 0.3) is 5.91 Å². The second-order valence-electron chi connectivity index (χ2n) is 6.64. The van der Waals surface area contributed by atoms with Crippen LogP contribution in [0.15, 0.2) is 78.9 Å². The Hall–Kier alpha value is -3.27. The van der Waals surface area contributed by atoms with Crippen molar-refractivity contribution in [2.24, 2.45) is 0 Å². The molecule has 0 radical (unpaired) electrons. The van der Waals surface area contributed by atoms with Gasteiger partial charge >= 0.3 is 0 Å². The molecule has 4 heteroatoms. The van der Waals surface area contributed by atoms with Crippen LogP contribution in [0.25, 0.3) is 0 Å². The van der Waals surface area contributed by atoms with Gasteiger partial charge in [0.2, 0.25) is 0 Å². The van der Waals surface area contributed by atoms with Crippen LogP contribution in [0.3, 0.4) is 0 Å².